The molecule has 0 radical (unpaired) electrons. The molecule has 0 heterocycles. The molecule has 0 unspecified atom stereocenters. The van der Waals surface area contributed by atoms with Gasteiger partial charge >= 0.3 is 17.9 Å². The summed E-state index contributed by atoms with van der Waals surface area (Å²) >= 11 is 0. The van der Waals surface area contributed by atoms with Crippen LogP contribution < -0.4 is 0 Å². The van der Waals surface area contributed by atoms with Crippen LogP contribution in [0.5, 0.6) is 0 Å². The van der Waals surface area contributed by atoms with Crippen molar-refractivity contribution in [3.63, 3.8) is 0 Å². The Balaban J connectivity index is -0.000000443. The van der Waals surface area contributed by atoms with Crippen LogP contribution in [0.2, 0.25) is 0 Å². The molecule has 72 heavy (non-hydrogen) atoms. The summed E-state index contributed by atoms with van der Waals surface area (Å²) in [5, 5.41) is 80.9. The van der Waals surface area contributed by atoms with Gasteiger partial charge in [0.25, 0.3) is 0 Å². The molecule has 0 aliphatic heterocycles. The molecule has 0 saturated heterocycles. The fraction of sp³-hybridized carbons (Fsp3) is 0.850. The number of rotatable bonds is 49. The highest BCUT2D eigenvalue weighted by molar-refractivity contribution is 5.67. The average Bonchev–Trinajstić information content (AvgIpc) is 3.36. The van der Waals surface area contributed by atoms with Crippen LogP contribution in [0.3, 0.4) is 0 Å². The van der Waals surface area contributed by atoms with Gasteiger partial charge < -0.3 is 46.0 Å². The van der Waals surface area contributed by atoms with Gasteiger partial charge in [-0.2, -0.15) is 0 Å². The lowest BCUT2D eigenvalue weighted by Gasteiger charge is -2.24. The van der Waals surface area contributed by atoms with Crippen LogP contribution in [-0.4, -0.2) is 102 Å². The molecule has 12 nitrogen and oxygen atoms in total. The molecule has 0 rings (SSSR count). The second-order valence-electron chi connectivity index (χ2n) is 20.1. The van der Waals surface area contributed by atoms with Gasteiger partial charge in [-0.15, -0.1) is 0 Å². The Morgan fingerprint density at radius 2 is 0.583 bits per heavy atom. The first-order chi connectivity index (χ1) is 34.7. The number of aliphatic carboxylic acids is 3. The van der Waals surface area contributed by atoms with Crippen molar-refractivity contribution >= 4 is 17.9 Å². The van der Waals surface area contributed by atoms with Crippen LogP contribution in [-0.2, 0) is 14.4 Å². The lowest BCUT2D eigenvalue weighted by atomic mass is 9.88. The lowest BCUT2D eigenvalue weighted by molar-refractivity contribution is -0.138. The topological polar surface area (TPSA) is 233 Å². The molecule has 0 aromatic carbocycles. The van der Waals surface area contributed by atoms with Crippen LogP contribution in [0.1, 0.15) is 285 Å². The van der Waals surface area contributed by atoms with Gasteiger partial charge in [0.1, 0.15) is 0 Å². The van der Waals surface area contributed by atoms with E-state index in [1.165, 1.54) is 77.0 Å². The largest absolute Gasteiger partial charge is 0.481 e. The van der Waals surface area contributed by atoms with E-state index in [2.05, 4.69) is 57.2 Å². The molecule has 0 aromatic rings. The molecular weight excluding hydrogens is 913 g/mol. The Labute approximate surface area is 441 Å². The summed E-state index contributed by atoms with van der Waals surface area (Å²) < 4.78 is 0. The highest BCUT2D eigenvalue weighted by Crippen LogP contribution is 2.18. The van der Waals surface area contributed by atoms with E-state index in [0.717, 1.165) is 154 Å². The number of hydrogen-bond acceptors (Lipinski definition) is 9. The first-order valence-corrected chi connectivity index (χ1v) is 29.2. The van der Waals surface area contributed by atoms with Crippen LogP contribution in [0, 0.1) is 5.41 Å². The Morgan fingerprint density at radius 1 is 0.347 bits per heavy atom. The quantitative estimate of drug-likeness (QED) is 0.0205. The van der Waals surface area contributed by atoms with E-state index in [1.807, 2.05) is 6.92 Å². The molecule has 9 N–H and O–H groups in total. The van der Waals surface area contributed by atoms with Crippen molar-refractivity contribution in [3.8, 4) is 0 Å². The maximum Gasteiger partial charge on any atom is 0.303 e. The standard InChI is InChI=1S/3C18H34O3.C6H14O3/c3*1-2-3-4-11-14-17(19)15-12-9-7-5-6-8-10-13-16-18(20)21;1-2-6(3-7,4-8)5-9/h3*9,12,17,19H,2-8,10-11,13-16H2,1H3,(H,20,21);7-9H,2-5H2,1H3/t3*17-;/m111./s1. The van der Waals surface area contributed by atoms with Crippen molar-refractivity contribution in [1.29, 1.82) is 0 Å². The van der Waals surface area contributed by atoms with E-state index < -0.39 is 23.3 Å². The molecule has 3 atom stereocenters. The summed E-state index contributed by atoms with van der Waals surface area (Å²) in [7, 11) is 0. The van der Waals surface area contributed by atoms with Crippen molar-refractivity contribution in [2.24, 2.45) is 5.41 Å². The first-order valence-electron chi connectivity index (χ1n) is 29.2. The summed E-state index contributed by atoms with van der Waals surface area (Å²) in [5.41, 5.74) is -0.667. The van der Waals surface area contributed by atoms with Crippen LogP contribution in [0.4, 0.5) is 0 Å². The van der Waals surface area contributed by atoms with Gasteiger partial charge in [0, 0.05) is 24.7 Å². The maximum atomic E-state index is 10.3. The predicted octanol–water partition coefficient (Wildman–Crippen LogP) is 14.6. The van der Waals surface area contributed by atoms with Gasteiger partial charge in [-0.3, -0.25) is 14.4 Å². The monoisotopic (exact) mass is 1030 g/mol. The highest BCUT2D eigenvalue weighted by Gasteiger charge is 2.25. The Morgan fingerprint density at radius 3 is 0.792 bits per heavy atom. The second-order valence-corrected chi connectivity index (χ2v) is 20.1. The number of allylic oxidation sites excluding steroid dienone is 3. The molecule has 0 fully saturated rings. The minimum atomic E-state index is -0.689. The summed E-state index contributed by atoms with van der Waals surface area (Å²) in [6, 6.07) is 0. The third-order valence-corrected chi connectivity index (χ3v) is 12.9. The van der Waals surface area contributed by atoms with Crippen molar-refractivity contribution in [1.82, 2.24) is 0 Å². The summed E-state index contributed by atoms with van der Waals surface area (Å²) in [4.78, 5) is 31.0. The zero-order valence-corrected chi connectivity index (χ0v) is 46.9. The van der Waals surface area contributed by atoms with Crippen LogP contribution >= 0.6 is 0 Å². The van der Waals surface area contributed by atoms with Crippen LogP contribution in [0.15, 0.2) is 36.5 Å². The fourth-order valence-corrected chi connectivity index (χ4v) is 7.58. The minimum absolute atomic E-state index is 0.156. The van der Waals surface area contributed by atoms with E-state index in [0.29, 0.717) is 25.7 Å². The normalized spacial score (nSPS) is 12.8. The molecule has 0 aliphatic rings. The lowest BCUT2D eigenvalue weighted by Crippen LogP contribution is -2.32. The second kappa shape index (κ2) is 62.7. The van der Waals surface area contributed by atoms with Gasteiger partial charge in [0.2, 0.25) is 0 Å². The number of hydrogen-bond donors (Lipinski definition) is 9. The van der Waals surface area contributed by atoms with Gasteiger partial charge in [0.15, 0.2) is 0 Å². The molecule has 12 heteroatoms. The third kappa shape index (κ3) is 67.4. The van der Waals surface area contributed by atoms with E-state index in [4.69, 9.17) is 30.6 Å². The molecule has 0 aliphatic carbocycles. The van der Waals surface area contributed by atoms with E-state index in [1.54, 1.807) is 0 Å². The molecule has 428 valence electrons. The average molecular weight is 1030 g/mol. The van der Waals surface area contributed by atoms with Crippen LogP contribution in [0.25, 0.3) is 0 Å². The molecule has 0 aromatic heterocycles. The molecule has 0 saturated carbocycles. The molecular formula is C60H116O12. The van der Waals surface area contributed by atoms with Gasteiger partial charge in [-0.1, -0.05) is 199 Å². The Hall–Kier alpha value is -2.61. The van der Waals surface area contributed by atoms with E-state index in [-0.39, 0.29) is 38.1 Å². The zero-order valence-electron chi connectivity index (χ0n) is 46.9. The summed E-state index contributed by atoms with van der Waals surface area (Å²) in [5.74, 6) is -2.07. The van der Waals surface area contributed by atoms with Crippen molar-refractivity contribution < 1.29 is 60.3 Å². The molecule has 0 amide bonds. The Bertz CT molecular complexity index is 1060. The maximum absolute atomic E-state index is 10.3. The SMILES string of the molecule is CCC(CO)(CO)CO.CCCCCC[C@@H](O)CC=CCCCCCCCC(=O)O.CCCCCC[C@@H](O)CC=CCCCCCCCC(=O)O.CCCCCC[C@@H](O)CC=CCCCCCCCC(=O)O. The third-order valence-electron chi connectivity index (χ3n) is 12.9. The number of aliphatic hydroxyl groups excluding tert-OH is 6. The number of unbranched alkanes of at least 4 members (excludes halogenated alkanes) is 24. The molecule has 0 bridgehead atoms. The number of carboxylic acid groups (broad SMARTS) is 3. The van der Waals surface area contributed by atoms with Crippen molar-refractivity contribution in [2.75, 3.05) is 19.8 Å². The number of carbonyl (C=O) groups is 3. The number of aliphatic hydroxyl groups is 6. The molecule has 0 spiro atoms. The summed E-state index contributed by atoms with van der Waals surface area (Å²) in [6.45, 7) is 7.95. The van der Waals surface area contributed by atoms with Gasteiger partial charge in [0.05, 0.1) is 38.1 Å². The smallest absolute Gasteiger partial charge is 0.303 e. The Kier molecular flexibility index (Phi) is 66.1. The predicted molar refractivity (Wildman–Crippen MR) is 299 cm³/mol. The van der Waals surface area contributed by atoms with Gasteiger partial charge in [-0.25, -0.2) is 0 Å². The zero-order chi connectivity index (χ0) is 54.6. The van der Waals surface area contributed by atoms with Gasteiger partial charge in [-0.05, 0) is 103 Å². The van der Waals surface area contributed by atoms with Crippen molar-refractivity contribution in [3.05, 3.63) is 36.5 Å². The van der Waals surface area contributed by atoms with E-state index >= 15 is 0 Å². The van der Waals surface area contributed by atoms with E-state index in [9.17, 15) is 29.7 Å². The first kappa shape index (κ1) is 75.9. The minimum Gasteiger partial charge on any atom is -0.481 e. The highest BCUT2D eigenvalue weighted by atomic mass is 16.4. The number of carboxylic acids is 3. The van der Waals surface area contributed by atoms with Crippen molar-refractivity contribution in [2.45, 2.75) is 303 Å². The fourth-order valence-electron chi connectivity index (χ4n) is 7.58. The summed E-state index contributed by atoms with van der Waals surface area (Å²) in [6.07, 6.45) is 52.7.